The maximum Gasteiger partial charge on any atom is 0.268 e. The first-order chi connectivity index (χ1) is 11.6. The standard InChI is InChI=1S/C19H17BrN2OS/c1-12-11-22-16(9-14-5-3-7-17(24-12)18(14)22)19(23)21-10-13-4-2-6-15(20)8-13/h2-9,12H,10-11H2,1H3,(H,21,23)/t12-/m0/s1. The van der Waals surface area contributed by atoms with E-state index >= 15 is 0 Å². The Balaban J connectivity index is 1.63. The van der Waals surface area contributed by atoms with E-state index in [1.54, 1.807) is 0 Å². The summed E-state index contributed by atoms with van der Waals surface area (Å²) in [5, 5.41) is 4.65. The van der Waals surface area contributed by atoms with Gasteiger partial charge >= 0.3 is 0 Å². The first-order valence-electron chi connectivity index (χ1n) is 7.93. The third kappa shape index (κ3) is 2.87. The van der Waals surface area contributed by atoms with Crippen molar-refractivity contribution < 1.29 is 4.79 Å². The summed E-state index contributed by atoms with van der Waals surface area (Å²) in [6.07, 6.45) is 0. The van der Waals surface area contributed by atoms with E-state index in [4.69, 9.17) is 0 Å². The Kier molecular flexibility index (Phi) is 4.14. The Bertz CT molecular complexity index is 934. The molecular weight excluding hydrogens is 384 g/mol. The van der Waals surface area contributed by atoms with Crippen LogP contribution in [0, 0.1) is 0 Å². The third-order valence-electron chi connectivity index (χ3n) is 4.23. The molecule has 1 aromatic heterocycles. The van der Waals surface area contributed by atoms with Gasteiger partial charge in [-0.3, -0.25) is 4.79 Å². The van der Waals surface area contributed by atoms with Crippen molar-refractivity contribution >= 4 is 44.5 Å². The van der Waals surface area contributed by atoms with Crippen LogP contribution < -0.4 is 5.32 Å². The number of thioether (sulfide) groups is 1. The maximum atomic E-state index is 12.7. The highest BCUT2D eigenvalue weighted by Gasteiger charge is 2.23. The SMILES string of the molecule is C[C@H]1Cn2c(C(=O)NCc3cccc(Br)c3)cc3cccc(c32)S1. The molecule has 1 atom stereocenters. The zero-order chi connectivity index (χ0) is 16.7. The number of halogens is 1. The van der Waals surface area contributed by atoms with Gasteiger partial charge in [-0.05, 0) is 29.8 Å². The summed E-state index contributed by atoms with van der Waals surface area (Å²) in [5.41, 5.74) is 3.02. The average molecular weight is 401 g/mol. The van der Waals surface area contributed by atoms with E-state index in [9.17, 15) is 4.79 Å². The van der Waals surface area contributed by atoms with Crippen LogP contribution in [0.1, 0.15) is 23.0 Å². The lowest BCUT2D eigenvalue weighted by Crippen LogP contribution is -2.27. The fourth-order valence-electron chi connectivity index (χ4n) is 3.19. The molecule has 0 radical (unpaired) electrons. The molecule has 0 spiro atoms. The summed E-state index contributed by atoms with van der Waals surface area (Å²) in [7, 11) is 0. The number of carbonyl (C=O) groups excluding carboxylic acids is 1. The number of amides is 1. The molecule has 5 heteroatoms. The van der Waals surface area contributed by atoms with E-state index in [1.165, 1.54) is 10.4 Å². The molecular formula is C19H17BrN2OS. The lowest BCUT2D eigenvalue weighted by molar-refractivity contribution is 0.0942. The monoisotopic (exact) mass is 400 g/mol. The highest BCUT2D eigenvalue weighted by molar-refractivity contribution is 9.10. The number of carbonyl (C=O) groups is 1. The van der Waals surface area contributed by atoms with Gasteiger partial charge in [0.1, 0.15) is 5.69 Å². The Labute approximate surface area is 153 Å². The van der Waals surface area contributed by atoms with E-state index in [2.05, 4.69) is 50.9 Å². The summed E-state index contributed by atoms with van der Waals surface area (Å²) < 4.78 is 3.19. The van der Waals surface area contributed by atoms with Crippen molar-refractivity contribution in [2.45, 2.75) is 30.2 Å². The predicted octanol–water partition coefficient (Wildman–Crippen LogP) is 4.83. The molecule has 1 aliphatic heterocycles. The number of nitrogens with zero attached hydrogens (tertiary/aromatic N) is 1. The molecule has 4 rings (SSSR count). The molecule has 0 fully saturated rings. The summed E-state index contributed by atoms with van der Waals surface area (Å²) in [5.74, 6) is -0.0174. The van der Waals surface area contributed by atoms with Crippen LogP contribution in [0.2, 0.25) is 0 Å². The molecule has 0 unspecified atom stereocenters. The van der Waals surface area contributed by atoms with Gasteiger partial charge in [0.25, 0.3) is 5.91 Å². The van der Waals surface area contributed by atoms with Crippen LogP contribution in [0.25, 0.3) is 10.9 Å². The topological polar surface area (TPSA) is 34.0 Å². The second-order valence-electron chi connectivity index (χ2n) is 6.08. The van der Waals surface area contributed by atoms with Gasteiger partial charge in [0.05, 0.1) is 5.52 Å². The molecule has 2 aromatic carbocycles. The molecule has 0 saturated carbocycles. The second-order valence-corrected chi connectivity index (χ2v) is 8.47. The van der Waals surface area contributed by atoms with Crippen molar-refractivity contribution in [3.05, 3.63) is 64.3 Å². The number of aromatic nitrogens is 1. The smallest absolute Gasteiger partial charge is 0.268 e. The molecule has 0 bridgehead atoms. The minimum atomic E-state index is -0.0174. The van der Waals surface area contributed by atoms with Gasteiger partial charge in [0.15, 0.2) is 0 Å². The molecule has 24 heavy (non-hydrogen) atoms. The van der Waals surface area contributed by atoms with Gasteiger partial charge in [-0.1, -0.05) is 47.1 Å². The Morgan fingerprint density at radius 2 is 2.12 bits per heavy atom. The molecule has 122 valence electrons. The van der Waals surface area contributed by atoms with Gasteiger partial charge in [-0.25, -0.2) is 0 Å². The first kappa shape index (κ1) is 15.8. The van der Waals surface area contributed by atoms with Crippen LogP contribution >= 0.6 is 27.7 Å². The van der Waals surface area contributed by atoms with Crippen molar-refractivity contribution in [1.29, 1.82) is 0 Å². The molecule has 2 heterocycles. The van der Waals surface area contributed by atoms with E-state index in [-0.39, 0.29) is 5.91 Å². The fourth-order valence-corrected chi connectivity index (χ4v) is 4.79. The molecule has 1 aliphatic rings. The Hall–Kier alpha value is -1.72. The summed E-state index contributed by atoms with van der Waals surface area (Å²) in [6, 6.07) is 16.3. The van der Waals surface area contributed by atoms with Crippen LogP contribution in [0.5, 0.6) is 0 Å². The van der Waals surface area contributed by atoms with Crippen LogP contribution in [0.3, 0.4) is 0 Å². The highest BCUT2D eigenvalue weighted by Crippen LogP contribution is 2.38. The number of hydrogen-bond acceptors (Lipinski definition) is 2. The van der Waals surface area contributed by atoms with Gasteiger partial charge in [0.2, 0.25) is 0 Å². The number of benzene rings is 2. The number of hydrogen-bond donors (Lipinski definition) is 1. The normalized spacial score (nSPS) is 16.3. The van der Waals surface area contributed by atoms with Crippen molar-refractivity contribution in [3.63, 3.8) is 0 Å². The Morgan fingerprint density at radius 3 is 2.96 bits per heavy atom. The van der Waals surface area contributed by atoms with Gasteiger partial charge in [0, 0.05) is 33.1 Å². The second kappa shape index (κ2) is 6.30. The maximum absolute atomic E-state index is 12.7. The number of para-hydroxylation sites is 1. The quantitative estimate of drug-likeness (QED) is 0.682. The van der Waals surface area contributed by atoms with Crippen molar-refractivity contribution in [3.8, 4) is 0 Å². The van der Waals surface area contributed by atoms with Crippen LogP contribution in [-0.4, -0.2) is 15.7 Å². The summed E-state index contributed by atoms with van der Waals surface area (Å²) in [6.45, 7) is 3.59. The highest BCUT2D eigenvalue weighted by atomic mass is 79.9. The molecule has 1 amide bonds. The molecule has 3 aromatic rings. The summed E-state index contributed by atoms with van der Waals surface area (Å²) in [4.78, 5) is 14.0. The lowest BCUT2D eigenvalue weighted by Gasteiger charge is -2.22. The van der Waals surface area contributed by atoms with E-state index < -0.39 is 0 Å². The zero-order valence-electron chi connectivity index (χ0n) is 13.3. The predicted molar refractivity (Wildman–Crippen MR) is 103 cm³/mol. The van der Waals surface area contributed by atoms with Crippen LogP contribution in [-0.2, 0) is 13.1 Å². The van der Waals surface area contributed by atoms with E-state index in [0.717, 1.165) is 27.7 Å². The largest absolute Gasteiger partial charge is 0.347 e. The zero-order valence-corrected chi connectivity index (χ0v) is 15.7. The minimum Gasteiger partial charge on any atom is -0.347 e. The average Bonchev–Trinajstić information content (AvgIpc) is 2.93. The third-order valence-corrected chi connectivity index (χ3v) is 5.85. The van der Waals surface area contributed by atoms with E-state index in [1.807, 2.05) is 42.1 Å². The van der Waals surface area contributed by atoms with Crippen molar-refractivity contribution in [1.82, 2.24) is 9.88 Å². The Morgan fingerprint density at radius 1 is 1.29 bits per heavy atom. The molecule has 0 saturated heterocycles. The summed E-state index contributed by atoms with van der Waals surface area (Å²) >= 11 is 5.35. The van der Waals surface area contributed by atoms with Crippen LogP contribution in [0.4, 0.5) is 0 Å². The molecule has 0 aliphatic carbocycles. The van der Waals surface area contributed by atoms with Gasteiger partial charge in [-0.15, -0.1) is 11.8 Å². The van der Waals surface area contributed by atoms with E-state index in [0.29, 0.717) is 11.8 Å². The van der Waals surface area contributed by atoms with Crippen molar-refractivity contribution in [2.24, 2.45) is 0 Å². The molecule has 1 N–H and O–H groups in total. The number of nitrogens with one attached hydrogen (secondary N) is 1. The van der Waals surface area contributed by atoms with Crippen LogP contribution in [0.15, 0.2) is 57.9 Å². The lowest BCUT2D eigenvalue weighted by atomic mass is 10.2. The minimum absolute atomic E-state index is 0.0174. The van der Waals surface area contributed by atoms with Gasteiger partial charge in [-0.2, -0.15) is 0 Å². The fraction of sp³-hybridized carbons (Fsp3) is 0.211. The van der Waals surface area contributed by atoms with Crippen molar-refractivity contribution in [2.75, 3.05) is 0 Å². The molecule has 3 nitrogen and oxygen atoms in total. The number of rotatable bonds is 3. The van der Waals surface area contributed by atoms with Gasteiger partial charge < -0.3 is 9.88 Å². The first-order valence-corrected chi connectivity index (χ1v) is 9.60.